The second kappa shape index (κ2) is 8.82. The van der Waals surface area contributed by atoms with Crippen molar-refractivity contribution in [3.8, 4) is 16.9 Å². The Morgan fingerprint density at radius 2 is 1.76 bits per heavy atom. The van der Waals surface area contributed by atoms with E-state index in [4.69, 9.17) is 9.47 Å². The Hall–Kier alpha value is -3.87. The maximum atomic E-state index is 14.2. The molecule has 0 saturated heterocycles. The first kappa shape index (κ1) is 23.3. The summed E-state index contributed by atoms with van der Waals surface area (Å²) in [5.41, 5.74) is 3.60. The molecule has 1 N–H and O–H groups in total. The summed E-state index contributed by atoms with van der Waals surface area (Å²) >= 11 is 0. The number of methoxy groups -OCH3 is 1. The summed E-state index contributed by atoms with van der Waals surface area (Å²) in [5.74, 6) is -0.604. The number of anilines is 2. The van der Waals surface area contributed by atoms with Crippen molar-refractivity contribution < 1.29 is 23.5 Å². The number of benzene rings is 3. The van der Waals surface area contributed by atoms with E-state index in [1.165, 1.54) is 19.2 Å². The van der Waals surface area contributed by atoms with Crippen molar-refractivity contribution >= 4 is 23.3 Å². The van der Waals surface area contributed by atoms with E-state index in [2.05, 4.69) is 5.32 Å². The van der Waals surface area contributed by atoms with Crippen LogP contribution in [0, 0.1) is 12.7 Å². The zero-order valence-electron chi connectivity index (χ0n) is 19.9. The molecule has 3 aromatic rings. The van der Waals surface area contributed by atoms with Crippen molar-refractivity contribution in [2.75, 3.05) is 24.4 Å². The number of carbonyl (C=O) groups excluding carboxylic acids is 2. The molecule has 0 fully saturated rings. The zero-order valence-corrected chi connectivity index (χ0v) is 19.9. The summed E-state index contributed by atoms with van der Waals surface area (Å²) < 4.78 is 25.4. The van der Waals surface area contributed by atoms with Gasteiger partial charge in [0, 0.05) is 18.2 Å². The third-order valence-electron chi connectivity index (χ3n) is 5.99. The molecule has 0 radical (unpaired) electrons. The normalized spacial score (nSPS) is 14.3. The smallest absolute Gasteiger partial charge is 0.338 e. The highest BCUT2D eigenvalue weighted by Crippen LogP contribution is 2.44. The van der Waals surface area contributed by atoms with E-state index in [1.807, 2.05) is 31.2 Å². The quantitative estimate of drug-likeness (QED) is 0.519. The molecule has 176 valence electrons. The predicted octanol–water partition coefficient (Wildman–Crippen LogP) is 5.33. The van der Waals surface area contributed by atoms with E-state index < -0.39 is 17.3 Å². The maximum Gasteiger partial charge on any atom is 0.338 e. The molecule has 1 amide bonds. The number of amides is 1. The van der Waals surface area contributed by atoms with Gasteiger partial charge in [-0.15, -0.1) is 0 Å². The van der Waals surface area contributed by atoms with Gasteiger partial charge in [0.05, 0.1) is 24.0 Å². The number of nitrogens with zero attached hydrogens (tertiary/aromatic N) is 1. The number of aryl methyl sites for hydroxylation is 1. The first-order chi connectivity index (χ1) is 16.1. The van der Waals surface area contributed by atoms with Gasteiger partial charge in [-0.05, 0) is 62.7 Å². The topological polar surface area (TPSA) is 67.9 Å². The highest BCUT2D eigenvalue weighted by molar-refractivity contribution is 6.09. The lowest BCUT2D eigenvalue weighted by molar-refractivity contribution is -0.121. The van der Waals surface area contributed by atoms with Gasteiger partial charge in [0.15, 0.2) is 0 Å². The molecule has 7 heteroatoms. The Labute approximate surface area is 198 Å². The number of halogens is 1. The van der Waals surface area contributed by atoms with Gasteiger partial charge in [0.25, 0.3) is 5.91 Å². The van der Waals surface area contributed by atoms with Gasteiger partial charge in [-0.1, -0.05) is 23.8 Å². The first-order valence-electron chi connectivity index (χ1n) is 10.9. The summed E-state index contributed by atoms with van der Waals surface area (Å²) in [6.45, 7) is 5.42. The lowest BCUT2D eigenvalue weighted by Gasteiger charge is -2.39. The second-order valence-electron chi connectivity index (χ2n) is 8.89. The summed E-state index contributed by atoms with van der Waals surface area (Å²) in [7, 11) is 3.19. The second-order valence-corrected chi connectivity index (χ2v) is 8.89. The molecule has 0 unspecified atom stereocenters. The number of nitrogens with one attached hydrogen (secondary N) is 1. The fourth-order valence-corrected chi connectivity index (χ4v) is 4.23. The fraction of sp³-hybridized carbons (Fsp3) is 0.259. The molecule has 0 bridgehead atoms. The Morgan fingerprint density at radius 1 is 1.06 bits per heavy atom. The van der Waals surface area contributed by atoms with Crippen LogP contribution < -0.4 is 15.0 Å². The van der Waals surface area contributed by atoms with E-state index in [-0.39, 0.29) is 12.5 Å². The third-order valence-corrected chi connectivity index (χ3v) is 5.99. The van der Waals surface area contributed by atoms with E-state index in [0.717, 1.165) is 5.56 Å². The van der Waals surface area contributed by atoms with E-state index in [1.54, 1.807) is 44.0 Å². The van der Waals surface area contributed by atoms with Crippen LogP contribution in [-0.4, -0.2) is 31.6 Å². The van der Waals surface area contributed by atoms with Gasteiger partial charge in [0.1, 0.15) is 23.7 Å². The fourth-order valence-electron chi connectivity index (χ4n) is 4.23. The van der Waals surface area contributed by atoms with Crippen LogP contribution in [0.25, 0.3) is 11.1 Å². The van der Waals surface area contributed by atoms with Crippen molar-refractivity contribution in [2.45, 2.75) is 32.9 Å². The van der Waals surface area contributed by atoms with Crippen molar-refractivity contribution in [3.63, 3.8) is 0 Å². The Kier molecular flexibility index (Phi) is 6.04. The Morgan fingerprint density at radius 3 is 2.44 bits per heavy atom. The van der Waals surface area contributed by atoms with E-state index >= 15 is 0 Å². The van der Waals surface area contributed by atoms with Gasteiger partial charge in [0.2, 0.25) is 0 Å². The summed E-state index contributed by atoms with van der Waals surface area (Å²) in [6, 6.07) is 15.0. The molecule has 3 aromatic carbocycles. The maximum absolute atomic E-state index is 14.2. The van der Waals surface area contributed by atoms with Gasteiger partial charge >= 0.3 is 5.97 Å². The number of ether oxygens (including phenoxy) is 2. The van der Waals surface area contributed by atoms with E-state index in [0.29, 0.717) is 39.4 Å². The molecule has 4 rings (SSSR count). The number of fused-ring (bicyclic) bond motifs is 1. The predicted molar refractivity (Wildman–Crippen MR) is 130 cm³/mol. The summed E-state index contributed by atoms with van der Waals surface area (Å²) in [4.78, 5) is 27.4. The Balaban J connectivity index is 1.83. The largest absolute Gasteiger partial charge is 0.496 e. The average molecular weight is 463 g/mol. The van der Waals surface area contributed by atoms with Crippen LogP contribution in [-0.2, 0) is 16.1 Å². The molecule has 1 aliphatic heterocycles. The van der Waals surface area contributed by atoms with Crippen LogP contribution >= 0.6 is 0 Å². The minimum atomic E-state index is -0.810. The first-order valence-corrected chi connectivity index (χ1v) is 10.9. The molecule has 1 heterocycles. The molecular weight excluding hydrogens is 435 g/mol. The molecule has 0 spiro atoms. The van der Waals surface area contributed by atoms with Gasteiger partial charge in [-0.2, -0.15) is 0 Å². The average Bonchev–Trinajstić information content (AvgIpc) is 2.81. The zero-order chi connectivity index (χ0) is 24.6. The minimum Gasteiger partial charge on any atom is -0.496 e. The Bertz CT molecular complexity index is 1270. The summed E-state index contributed by atoms with van der Waals surface area (Å²) in [5, 5.41) is 3.26. The van der Waals surface area contributed by atoms with Crippen molar-refractivity contribution in [1.29, 1.82) is 0 Å². The van der Waals surface area contributed by atoms with Crippen LogP contribution in [0.2, 0.25) is 0 Å². The van der Waals surface area contributed by atoms with Gasteiger partial charge in [-0.25, -0.2) is 9.18 Å². The van der Waals surface area contributed by atoms with Crippen LogP contribution in [0.4, 0.5) is 15.8 Å². The number of hydrogen-bond donors (Lipinski definition) is 1. The monoisotopic (exact) mass is 462 g/mol. The number of esters is 1. The van der Waals surface area contributed by atoms with E-state index in [9.17, 15) is 14.0 Å². The van der Waals surface area contributed by atoms with Gasteiger partial charge in [-0.3, -0.25) is 4.79 Å². The lowest BCUT2D eigenvalue weighted by atomic mass is 9.92. The molecule has 1 aliphatic rings. The molecule has 0 aliphatic carbocycles. The third kappa shape index (κ3) is 4.21. The highest BCUT2D eigenvalue weighted by atomic mass is 19.1. The number of hydrogen-bond acceptors (Lipinski definition) is 5. The van der Waals surface area contributed by atoms with Gasteiger partial charge < -0.3 is 19.7 Å². The van der Waals surface area contributed by atoms with Crippen molar-refractivity contribution in [1.82, 2.24) is 0 Å². The molecule has 0 atom stereocenters. The van der Waals surface area contributed by atoms with Crippen molar-refractivity contribution in [2.24, 2.45) is 0 Å². The number of likely N-dealkylation sites (N-methyl/N-ethyl adjacent to an activating group) is 1. The molecule has 0 saturated carbocycles. The van der Waals surface area contributed by atoms with Crippen LogP contribution in [0.1, 0.15) is 35.3 Å². The van der Waals surface area contributed by atoms with Crippen molar-refractivity contribution in [3.05, 3.63) is 77.1 Å². The molecule has 6 nitrogen and oxygen atoms in total. The van der Waals surface area contributed by atoms with Crippen LogP contribution in [0.5, 0.6) is 5.75 Å². The summed E-state index contributed by atoms with van der Waals surface area (Å²) in [6.07, 6.45) is 0. The molecular formula is C27H27FN2O4. The standard InChI is InChI=1S/C27H27FN2O4/c1-16-6-8-17(9-7-16)25(31)34-15-21-19(20-14-18(28)10-13-23(20)33-5)11-12-22-24(21)30(4)26(32)27(2,3)29-22/h6-14,29H,15H2,1-5H3. The van der Waals surface area contributed by atoms with Crippen LogP contribution in [0.3, 0.4) is 0 Å². The highest BCUT2D eigenvalue weighted by Gasteiger charge is 2.38. The minimum absolute atomic E-state index is 0.120. The number of carbonyl (C=O) groups is 2. The van der Waals surface area contributed by atoms with Crippen LogP contribution in [0.15, 0.2) is 54.6 Å². The number of rotatable bonds is 5. The molecule has 34 heavy (non-hydrogen) atoms. The SMILES string of the molecule is COc1ccc(F)cc1-c1ccc2c(c1COC(=O)c1ccc(C)cc1)N(C)C(=O)C(C)(C)N2. The lowest BCUT2D eigenvalue weighted by Crippen LogP contribution is -2.52. The molecule has 0 aromatic heterocycles.